The van der Waals surface area contributed by atoms with E-state index in [0.29, 0.717) is 4.90 Å². The Morgan fingerprint density at radius 3 is 2.50 bits per heavy atom. The summed E-state index contributed by atoms with van der Waals surface area (Å²) in [6.45, 7) is -0.167. The summed E-state index contributed by atoms with van der Waals surface area (Å²) in [5.74, 6) is -0.916. The van der Waals surface area contributed by atoms with Gasteiger partial charge in [0.2, 0.25) is 0 Å². The molecular formula is C11H10BrF3N2O3. The van der Waals surface area contributed by atoms with Gasteiger partial charge in [0.05, 0.1) is 10.5 Å². The molecule has 0 radical (unpaired) electrons. The highest BCUT2D eigenvalue weighted by Gasteiger charge is 2.33. The fourth-order valence-electron chi connectivity index (χ4n) is 1.54. The predicted molar refractivity (Wildman–Crippen MR) is 68.4 cm³/mol. The van der Waals surface area contributed by atoms with Crippen molar-refractivity contribution in [1.29, 1.82) is 0 Å². The molecule has 0 spiro atoms. The maximum absolute atomic E-state index is 12.4. The van der Waals surface area contributed by atoms with Crippen molar-refractivity contribution in [3.8, 4) is 0 Å². The molecule has 0 aliphatic carbocycles. The summed E-state index contributed by atoms with van der Waals surface area (Å²) >= 11 is 2.89. The van der Waals surface area contributed by atoms with Crippen LogP contribution in [0.5, 0.6) is 0 Å². The van der Waals surface area contributed by atoms with E-state index in [1.807, 2.05) is 0 Å². The number of hydrogen-bond acceptors (Lipinski definition) is 3. The Bertz CT molecular complexity index is 534. The monoisotopic (exact) mass is 354 g/mol. The van der Waals surface area contributed by atoms with Gasteiger partial charge < -0.3 is 4.90 Å². The normalized spacial score (nSPS) is 11.2. The molecule has 0 heterocycles. The molecule has 0 aliphatic rings. The standard InChI is InChI=1S/C11H10BrF3N2O3/c1-2-16(6-11(13,14)15)10(18)7-4-3-5-8(9(7)12)17(19)20/h3-5H,2,6H2,1H3. The maximum atomic E-state index is 12.4. The van der Waals surface area contributed by atoms with Gasteiger partial charge in [0.1, 0.15) is 11.0 Å². The van der Waals surface area contributed by atoms with Crippen LogP contribution in [0.4, 0.5) is 18.9 Å². The summed E-state index contributed by atoms with van der Waals surface area (Å²) in [4.78, 5) is 22.6. The number of nitro benzene ring substituents is 1. The van der Waals surface area contributed by atoms with Crippen molar-refractivity contribution < 1.29 is 22.9 Å². The number of benzene rings is 1. The highest BCUT2D eigenvalue weighted by molar-refractivity contribution is 9.10. The Hall–Kier alpha value is -1.64. The summed E-state index contributed by atoms with van der Waals surface area (Å²) < 4.78 is 37.0. The van der Waals surface area contributed by atoms with E-state index in [0.717, 1.165) is 6.07 Å². The zero-order valence-electron chi connectivity index (χ0n) is 10.3. The molecule has 1 rings (SSSR count). The number of nitrogens with zero attached hydrogens (tertiary/aromatic N) is 2. The Morgan fingerprint density at radius 1 is 1.45 bits per heavy atom. The van der Waals surface area contributed by atoms with Crippen molar-refractivity contribution in [3.05, 3.63) is 38.3 Å². The Morgan fingerprint density at radius 2 is 2.05 bits per heavy atom. The van der Waals surface area contributed by atoms with Gasteiger partial charge in [-0.25, -0.2) is 0 Å². The van der Waals surface area contributed by atoms with Gasteiger partial charge in [-0.1, -0.05) is 6.07 Å². The number of rotatable bonds is 4. The molecule has 0 N–H and O–H groups in total. The average molecular weight is 355 g/mol. The van der Waals surface area contributed by atoms with Crippen molar-refractivity contribution in [1.82, 2.24) is 4.90 Å². The lowest BCUT2D eigenvalue weighted by molar-refractivity contribution is -0.385. The molecule has 0 aromatic heterocycles. The summed E-state index contributed by atoms with van der Waals surface area (Å²) in [6.07, 6.45) is -4.53. The van der Waals surface area contributed by atoms with Gasteiger partial charge in [0, 0.05) is 12.6 Å². The van der Waals surface area contributed by atoms with E-state index in [2.05, 4.69) is 15.9 Å². The predicted octanol–water partition coefficient (Wildman–Crippen LogP) is 3.38. The van der Waals surface area contributed by atoms with E-state index in [4.69, 9.17) is 0 Å². The zero-order valence-corrected chi connectivity index (χ0v) is 11.9. The summed E-state index contributed by atoms with van der Waals surface area (Å²) in [7, 11) is 0. The van der Waals surface area contributed by atoms with Crippen LogP contribution in [0.3, 0.4) is 0 Å². The molecule has 5 nitrogen and oxygen atoms in total. The molecule has 0 saturated heterocycles. The van der Waals surface area contributed by atoms with Crippen molar-refractivity contribution in [3.63, 3.8) is 0 Å². The molecule has 9 heteroatoms. The van der Waals surface area contributed by atoms with Gasteiger partial charge in [0.25, 0.3) is 11.6 Å². The Labute approximate surface area is 120 Å². The second-order valence-electron chi connectivity index (χ2n) is 3.83. The first kappa shape index (κ1) is 16.4. The average Bonchev–Trinajstić information content (AvgIpc) is 2.34. The molecule has 1 aromatic carbocycles. The van der Waals surface area contributed by atoms with Gasteiger partial charge in [-0.2, -0.15) is 13.2 Å². The van der Waals surface area contributed by atoms with Crippen LogP contribution < -0.4 is 0 Å². The quantitative estimate of drug-likeness (QED) is 0.615. The topological polar surface area (TPSA) is 63.5 Å². The minimum absolute atomic E-state index is 0.129. The number of carbonyl (C=O) groups is 1. The lowest BCUT2D eigenvalue weighted by Gasteiger charge is -2.22. The van der Waals surface area contributed by atoms with E-state index >= 15 is 0 Å². The summed E-state index contributed by atoms with van der Waals surface area (Å²) in [5, 5.41) is 10.7. The number of nitro groups is 1. The van der Waals surface area contributed by atoms with E-state index in [9.17, 15) is 28.1 Å². The SMILES string of the molecule is CCN(CC(F)(F)F)C(=O)c1cccc([N+](=O)[O-])c1Br. The van der Waals surface area contributed by atoms with E-state index in [1.54, 1.807) is 0 Å². The van der Waals surface area contributed by atoms with Crippen molar-refractivity contribution >= 4 is 27.5 Å². The maximum Gasteiger partial charge on any atom is 0.406 e. The van der Waals surface area contributed by atoms with E-state index in [-0.39, 0.29) is 22.3 Å². The van der Waals surface area contributed by atoms with E-state index < -0.39 is 23.6 Å². The molecule has 110 valence electrons. The van der Waals surface area contributed by atoms with Gasteiger partial charge >= 0.3 is 6.18 Å². The van der Waals surface area contributed by atoms with Crippen LogP contribution in [-0.4, -0.2) is 35.0 Å². The fourth-order valence-corrected chi connectivity index (χ4v) is 2.12. The minimum atomic E-state index is -4.53. The van der Waals surface area contributed by atoms with Crippen molar-refractivity contribution in [2.24, 2.45) is 0 Å². The van der Waals surface area contributed by atoms with Gasteiger partial charge in [-0.3, -0.25) is 14.9 Å². The van der Waals surface area contributed by atoms with Gasteiger partial charge in [0.15, 0.2) is 0 Å². The fraction of sp³-hybridized carbons (Fsp3) is 0.364. The molecule has 0 fully saturated rings. The second kappa shape index (κ2) is 6.21. The first-order valence-electron chi connectivity index (χ1n) is 5.46. The number of carbonyl (C=O) groups excluding carboxylic acids is 1. The van der Waals surface area contributed by atoms with E-state index in [1.165, 1.54) is 19.1 Å². The van der Waals surface area contributed by atoms with Crippen LogP contribution >= 0.6 is 15.9 Å². The molecule has 0 bridgehead atoms. The van der Waals surface area contributed by atoms with Crippen LogP contribution in [0.1, 0.15) is 17.3 Å². The lowest BCUT2D eigenvalue weighted by atomic mass is 10.1. The first-order valence-corrected chi connectivity index (χ1v) is 6.25. The van der Waals surface area contributed by atoms with Crippen molar-refractivity contribution in [2.75, 3.05) is 13.1 Å². The zero-order chi connectivity index (χ0) is 15.5. The van der Waals surface area contributed by atoms with Gasteiger partial charge in [-0.05, 0) is 28.9 Å². The Balaban J connectivity index is 3.14. The molecule has 0 saturated carbocycles. The largest absolute Gasteiger partial charge is 0.406 e. The van der Waals surface area contributed by atoms with Gasteiger partial charge in [-0.15, -0.1) is 0 Å². The van der Waals surface area contributed by atoms with Crippen LogP contribution in [0.25, 0.3) is 0 Å². The van der Waals surface area contributed by atoms with Crippen molar-refractivity contribution in [2.45, 2.75) is 13.1 Å². The number of amides is 1. The number of alkyl halides is 3. The highest BCUT2D eigenvalue weighted by atomic mass is 79.9. The smallest absolute Gasteiger partial charge is 0.330 e. The minimum Gasteiger partial charge on any atom is -0.330 e. The third kappa shape index (κ3) is 3.92. The Kier molecular flexibility index (Phi) is 5.09. The second-order valence-corrected chi connectivity index (χ2v) is 4.62. The van der Waals surface area contributed by atoms with Crippen LogP contribution in [0.15, 0.2) is 22.7 Å². The summed E-state index contributed by atoms with van der Waals surface area (Å²) in [5.41, 5.74) is -0.552. The summed E-state index contributed by atoms with van der Waals surface area (Å²) in [6, 6.07) is 3.64. The molecule has 0 atom stereocenters. The molecule has 20 heavy (non-hydrogen) atoms. The van der Waals surface area contributed by atoms with Crippen LogP contribution in [0.2, 0.25) is 0 Å². The highest BCUT2D eigenvalue weighted by Crippen LogP contribution is 2.29. The number of hydrogen-bond donors (Lipinski definition) is 0. The van der Waals surface area contributed by atoms with Crippen LogP contribution in [0, 0.1) is 10.1 Å². The molecule has 0 aliphatic heterocycles. The van der Waals surface area contributed by atoms with Crippen LogP contribution in [-0.2, 0) is 0 Å². The molecule has 0 unspecified atom stereocenters. The first-order chi connectivity index (χ1) is 9.17. The number of halogens is 4. The molecule has 1 amide bonds. The molecule has 1 aromatic rings. The molecular weight excluding hydrogens is 345 g/mol. The third-order valence-electron chi connectivity index (χ3n) is 2.44. The third-order valence-corrected chi connectivity index (χ3v) is 3.28. The lowest BCUT2D eigenvalue weighted by Crippen LogP contribution is -2.38.